The molecule has 0 spiro atoms. The Balaban J connectivity index is 1.79. The van der Waals surface area contributed by atoms with E-state index >= 15 is 0 Å². The van der Waals surface area contributed by atoms with Crippen molar-refractivity contribution in [1.29, 1.82) is 0 Å². The Kier molecular flexibility index (Phi) is 8.63. The fourth-order valence-electron chi connectivity index (χ4n) is 3.50. The van der Waals surface area contributed by atoms with Gasteiger partial charge >= 0.3 is 5.97 Å². The molecule has 0 aliphatic heterocycles. The van der Waals surface area contributed by atoms with Crippen molar-refractivity contribution in [2.75, 3.05) is 18.1 Å². The molecule has 1 unspecified atom stereocenters. The van der Waals surface area contributed by atoms with Gasteiger partial charge in [-0.2, -0.15) is 0 Å². The molecule has 0 fully saturated rings. The first kappa shape index (κ1) is 24.6. The molecule has 3 aromatic rings. The average molecular weight is 489 g/mol. The largest absolute Gasteiger partial charge is 0.481 e. The smallest absolute Gasteiger partial charge is 0.308 e. The molecule has 0 saturated carbocycles. The monoisotopic (exact) mass is 488 g/mol. The predicted octanol–water partition coefficient (Wildman–Crippen LogP) is 7.05. The Bertz CT molecular complexity index is 1080. The van der Waals surface area contributed by atoms with Gasteiger partial charge in [-0.15, -0.1) is 23.1 Å². The summed E-state index contributed by atoms with van der Waals surface area (Å²) >= 11 is 9.48. The van der Waals surface area contributed by atoms with E-state index in [1.165, 1.54) is 4.88 Å². The number of anilines is 1. The number of nitrogens with zero attached hydrogens (tertiary/aromatic N) is 1. The van der Waals surface area contributed by atoms with E-state index in [0.29, 0.717) is 18.9 Å². The molecular formula is C25H29ClN2O2S2. The number of hydrogen-bond donors (Lipinski definition) is 2. The van der Waals surface area contributed by atoms with Gasteiger partial charge < -0.3 is 10.4 Å². The van der Waals surface area contributed by atoms with Crippen molar-refractivity contribution in [2.45, 2.75) is 38.5 Å². The minimum absolute atomic E-state index is 0.326. The van der Waals surface area contributed by atoms with Gasteiger partial charge in [-0.25, -0.2) is 4.98 Å². The summed E-state index contributed by atoms with van der Waals surface area (Å²) in [6.45, 7) is 6.69. The summed E-state index contributed by atoms with van der Waals surface area (Å²) in [6.07, 6.45) is 3.41. The van der Waals surface area contributed by atoms with Crippen molar-refractivity contribution in [2.24, 2.45) is 11.8 Å². The molecule has 170 valence electrons. The number of aryl methyl sites for hydroxylation is 1. The third-order valence-corrected chi connectivity index (χ3v) is 7.37. The minimum Gasteiger partial charge on any atom is -0.481 e. The molecule has 0 saturated heterocycles. The van der Waals surface area contributed by atoms with Crippen molar-refractivity contribution in [3.8, 4) is 11.3 Å². The number of rotatable bonds is 10. The fraction of sp³-hybridized carbons (Fsp3) is 0.360. The van der Waals surface area contributed by atoms with Crippen molar-refractivity contribution >= 4 is 45.8 Å². The standard InChI is InChI=1S/C25H29ClN2O2S2/c1-15(2)10-22-23(18-8-9-21(26)16(3)11-18)28-25(32-22)27-14-19(24(29)30)12-17-6-5-7-20(13-17)31-4/h5-9,11,13,15,19H,10,12,14H2,1-4H3,(H,27,28)(H,29,30). The highest BCUT2D eigenvalue weighted by molar-refractivity contribution is 7.98. The first-order chi connectivity index (χ1) is 15.3. The van der Waals surface area contributed by atoms with Gasteiger partial charge in [0.1, 0.15) is 0 Å². The summed E-state index contributed by atoms with van der Waals surface area (Å²) in [5.41, 5.74) is 4.03. The molecule has 4 nitrogen and oxygen atoms in total. The Labute approximate surface area is 203 Å². The number of thioether (sulfide) groups is 1. The molecule has 32 heavy (non-hydrogen) atoms. The molecule has 0 radical (unpaired) electrons. The van der Waals surface area contributed by atoms with E-state index in [1.54, 1.807) is 23.1 Å². The van der Waals surface area contributed by atoms with Gasteiger partial charge in [0.15, 0.2) is 5.13 Å². The molecule has 1 heterocycles. The van der Waals surface area contributed by atoms with Crippen LogP contribution < -0.4 is 5.32 Å². The molecule has 0 aliphatic rings. The zero-order valence-corrected chi connectivity index (χ0v) is 21.2. The van der Waals surface area contributed by atoms with Crippen LogP contribution in [0.2, 0.25) is 5.02 Å². The second-order valence-electron chi connectivity index (χ2n) is 8.32. The van der Waals surface area contributed by atoms with Crippen LogP contribution in [0.15, 0.2) is 47.4 Å². The Morgan fingerprint density at radius 3 is 2.66 bits per heavy atom. The maximum atomic E-state index is 11.9. The normalized spacial score (nSPS) is 12.2. The van der Waals surface area contributed by atoms with Crippen LogP contribution in [0.25, 0.3) is 11.3 Å². The molecule has 3 rings (SSSR count). The van der Waals surface area contributed by atoms with Crippen LogP contribution in [0.3, 0.4) is 0 Å². The molecule has 1 atom stereocenters. The number of hydrogen-bond acceptors (Lipinski definition) is 5. The lowest BCUT2D eigenvalue weighted by Crippen LogP contribution is -2.25. The van der Waals surface area contributed by atoms with Gasteiger partial charge in [-0.1, -0.05) is 43.6 Å². The molecule has 2 N–H and O–H groups in total. The van der Waals surface area contributed by atoms with E-state index in [9.17, 15) is 9.90 Å². The number of thiazole rings is 1. The number of aromatic nitrogens is 1. The number of carbonyl (C=O) groups is 1. The Morgan fingerprint density at radius 2 is 2.00 bits per heavy atom. The highest BCUT2D eigenvalue weighted by Gasteiger charge is 2.20. The third-order valence-electron chi connectivity index (χ3n) is 5.19. The highest BCUT2D eigenvalue weighted by Crippen LogP contribution is 2.34. The van der Waals surface area contributed by atoms with E-state index in [-0.39, 0.29) is 0 Å². The van der Waals surface area contributed by atoms with Crippen LogP contribution in [0.4, 0.5) is 5.13 Å². The number of halogens is 1. The SMILES string of the molecule is CSc1cccc(CC(CNc2nc(-c3ccc(Cl)c(C)c3)c(CC(C)C)s2)C(=O)O)c1. The van der Waals surface area contributed by atoms with Gasteiger partial charge in [0.2, 0.25) is 0 Å². The Hall–Kier alpha value is -2.02. The lowest BCUT2D eigenvalue weighted by Gasteiger charge is -2.13. The summed E-state index contributed by atoms with van der Waals surface area (Å²) in [6, 6.07) is 14.0. The summed E-state index contributed by atoms with van der Waals surface area (Å²) in [5.74, 6) is -0.851. The van der Waals surface area contributed by atoms with Gasteiger partial charge in [0.25, 0.3) is 0 Å². The number of benzene rings is 2. The lowest BCUT2D eigenvalue weighted by molar-refractivity contribution is -0.141. The number of nitrogens with one attached hydrogen (secondary N) is 1. The fourth-order valence-corrected chi connectivity index (χ4v) is 5.30. The zero-order chi connectivity index (χ0) is 23.3. The Morgan fingerprint density at radius 1 is 1.22 bits per heavy atom. The van der Waals surface area contributed by atoms with Gasteiger partial charge in [-0.05, 0) is 67.3 Å². The molecule has 7 heteroatoms. The average Bonchev–Trinajstić information content (AvgIpc) is 3.14. The summed E-state index contributed by atoms with van der Waals surface area (Å²) in [5, 5.41) is 14.6. The van der Waals surface area contributed by atoms with Gasteiger partial charge in [0, 0.05) is 26.9 Å². The lowest BCUT2D eigenvalue weighted by atomic mass is 9.99. The first-order valence-electron chi connectivity index (χ1n) is 10.6. The first-order valence-corrected chi connectivity index (χ1v) is 13.0. The van der Waals surface area contributed by atoms with Crippen LogP contribution in [-0.4, -0.2) is 28.9 Å². The summed E-state index contributed by atoms with van der Waals surface area (Å²) in [7, 11) is 0. The van der Waals surface area contributed by atoms with E-state index in [4.69, 9.17) is 16.6 Å². The summed E-state index contributed by atoms with van der Waals surface area (Å²) < 4.78 is 0. The van der Waals surface area contributed by atoms with E-state index < -0.39 is 11.9 Å². The predicted molar refractivity (Wildman–Crippen MR) is 137 cm³/mol. The van der Waals surface area contributed by atoms with Crippen LogP contribution in [0.5, 0.6) is 0 Å². The van der Waals surface area contributed by atoms with E-state index in [2.05, 4.69) is 31.3 Å². The highest BCUT2D eigenvalue weighted by atomic mass is 35.5. The quantitative estimate of drug-likeness (QED) is 0.299. The van der Waals surface area contributed by atoms with E-state index in [0.717, 1.165) is 43.9 Å². The van der Waals surface area contributed by atoms with Crippen LogP contribution in [0.1, 0.15) is 29.9 Å². The molecule has 0 bridgehead atoms. The second kappa shape index (κ2) is 11.2. The molecule has 1 aromatic heterocycles. The molecule has 2 aromatic carbocycles. The third kappa shape index (κ3) is 6.50. The molecule has 0 aliphatic carbocycles. The maximum absolute atomic E-state index is 11.9. The topological polar surface area (TPSA) is 62.2 Å². The van der Waals surface area contributed by atoms with Crippen molar-refractivity contribution in [3.63, 3.8) is 0 Å². The maximum Gasteiger partial charge on any atom is 0.308 e. The second-order valence-corrected chi connectivity index (χ2v) is 10.7. The van der Waals surface area contributed by atoms with Gasteiger partial charge in [0.05, 0.1) is 11.6 Å². The zero-order valence-electron chi connectivity index (χ0n) is 18.8. The van der Waals surface area contributed by atoms with Crippen molar-refractivity contribution in [1.82, 2.24) is 4.98 Å². The van der Waals surface area contributed by atoms with Crippen LogP contribution in [0, 0.1) is 18.8 Å². The number of carboxylic acids is 1. The van der Waals surface area contributed by atoms with Crippen LogP contribution >= 0.6 is 34.7 Å². The van der Waals surface area contributed by atoms with Crippen LogP contribution in [-0.2, 0) is 17.6 Å². The number of carboxylic acid groups (broad SMARTS) is 1. The van der Waals surface area contributed by atoms with Crippen molar-refractivity contribution < 1.29 is 9.90 Å². The summed E-state index contributed by atoms with van der Waals surface area (Å²) in [4.78, 5) is 19.1. The van der Waals surface area contributed by atoms with Crippen molar-refractivity contribution in [3.05, 3.63) is 63.5 Å². The number of aliphatic carboxylic acids is 1. The minimum atomic E-state index is -0.806. The molecular weight excluding hydrogens is 460 g/mol. The van der Waals surface area contributed by atoms with E-state index in [1.807, 2.05) is 43.5 Å². The van der Waals surface area contributed by atoms with Gasteiger partial charge in [-0.3, -0.25) is 4.79 Å². The molecule has 0 amide bonds.